The molecule has 1 aromatic carbocycles. The molecule has 0 bridgehead atoms. The number of amides is 1. The zero-order valence-corrected chi connectivity index (χ0v) is 13.8. The standard InChI is InChI=1S/C15H16F3N3O3S/c16-12(17)4-1-9-5-8(6-19-9)10-2-3-11(22)15(14(10)18)21-7-13(23)20-25(21)24/h2-3,5,9,12,19,22H,1,4,6-7H2,(H,20,23). The molecule has 25 heavy (non-hydrogen) atoms. The molecule has 0 aromatic heterocycles. The first-order valence-corrected chi connectivity index (χ1v) is 8.70. The molecule has 2 aliphatic rings. The maximum absolute atomic E-state index is 14.9. The summed E-state index contributed by atoms with van der Waals surface area (Å²) in [4.78, 5) is 11.3. The normalized spacial score (nSPS) is 23.3. The number of aromatic hydroxyl groups is 1. The second-order valence-electron chi connectivity index (χ2n) is 5.75. The number of hydrogen-bond acceptors (Lipinski definition) is 4. The molecular formula is C15H16F3N3O3S. The molecule has 2 heterocycles. The summed E-state index contributed by atoms with van der Waals surface area (Å²) >= 11 is -1.97. The molecule has 0 radical (unpaired) electrons. The molecule has 6 nitrogen and oxygen atoms in total. The summed E-state index contributed by atoms with van der Waals surface area (Å²) in [6, 6.07) is 2.33. The van der Waals surface area contributed by atoms with Crippen LogP contribution >= 0.6 is 0 Å². The summed E-state index contributed by atoms with van der Waals surface area (Å²) in [7, 11) is 0. The summed E-state index contributed by atoms with van der Waals surface area (Å²) in [5, 5.41) is 13.0. The Kier molecular flexibility index (Phi) is 5.00. The molecule has 3 rings (SSSR count). The lowest BCUT2D eigenvalue weighted by Crippen LogP contribution is -2.24. The number of nitrogens with zero attached hydrogens (tertiary/aromatic N) is 1. The summed E-state index contributed by atoms with van der Waals surface area (Å²) in [5.41, 5.74) is 0.393. The molecule has 0 aliphatic carbocycles. The van der Waals surface area contributed by atoms with Crippen molar-refractivity contribution >= 4 is 28.3 Å². The van der Waals surface area contributed by atoms with Gasteiger partial charge in [-0.05, 0) is 24.1 Å². The van der Waals surface area contributed by atoms with Crippen LogP contribution in [0.25, 0.3) is 5.57 Å². The first-order chi connectivity index (χ1) is 11.9. The number of halogens is 3. The molecule has 1 amide bonds. The Balaban J connectivity index is 1.89. The van der Waals surface area contributed by atoms with Gasteiger partial charge in [0, 0.05) is 24.6 Å². The highest BCUT2D eigenvalue weighted by Gasteiger charge is 2.33. The van der Waals surface area contributed by atoms with Gasteiger partial charge in [-0.25, -0.2) is 17.4 Å². The Morgan fingerprint density at radius 3 is 2.80 bits per heavy atom. The van der Waals surface area contributed by atoms with Crippen LogP contribution in [-0.2, 0) is 16.0 Å². The lowest BCUT2D eigenvalue weighted by molar-refractivity contribution is -0.117. The van der Waals surface area contributed by atoms with E-state index in [1.807, 2.05) is 0 Å². The summed E-state index contributed by atoms with van der Waals surface area (Å²) in [5.74, 6) is -1.80. The van der Waals surface area contributed by atoms with Crippen molar-refractivity contribution < 1.29 is 27.3 Å². The molecule has 136 valence electrons. The van der Waals surface area contributed by atoms with Gasteiger partial charge < -0.3 is 10.4 Å². The van der Waals surface area contributed by atoms with Crippen molar-refractivity contribution in [2.75, 3.05) is 17.4 Å². The summed E-state index contributed by atoms with van der Waals surface area (Å²) < 4.78 is 54.4. The highest BCUT2D eigenvalue weighted by molar-refractivity contribution is 7.85. The van der Waals surface area contributed by atoms with E-state index in [-0.39, 0.29) is 43.2 Å². The van der Waals surface area contributed by atoms with Gasteiger partial charge in [0.15, 0.2) is 5.82 Å². The van der Waals surface area contributed by atoms with E-state index < -0.39 is 35.1 Å². The van der Waals surface area contributed by atoms with Crippen molar-refractivity contribution in [3.8, 4) is 5.75 Å². The first-order valence-electron chi connectivity index (χ1n) is 7.59. The minimum atomic E-state index is -2.40. The minimum Gasteiger partial charge on any atom is -0.506 e. The van der Waals surface area contributed by atoms with Gasteiger partial charge in [-0.2, -0.15) is 0 Å². The van der Waals surface area contributed by atoms with Crippen LogP contribution in [0.4, 0.5) is 18.9 Å². The van der Waals surface area contributed by atoms with Crippen LogP contribution in [0.2, 0.25) is 0 Å². The SMILES string of the molecule is O=C1CN(c2c(O)ccc(C3=CC(CCC(F)F)NC3)c2F)S(=O)N1. The van der Waals surface area contributed by atoms with E-state index in [1.54, 1.807) is 6.08 Å². The van der Waals surface area contributed by atoms with E-state index in [0.29, 0.717) is 5.57 Å². The molecule has 1 saturated heterocycles. The highest BCUT2D eigenvalue weighted by Crippen LogP contribution is 2.37. The van der Waals surface area contributed by atoms with E-state index in [0.717, 1.165) is 4.31 Å². The summed E-state index contributed by atoms with van der Waals surface area (Å²) in [6.45, 7) is -0.0514. The number of phenols is 1. The van der Waals surface area contributed by atoms with Gasteiger partial charge in [-0.1, -0.05) is 6.08 Å². The van der Waals surface area contributed by atoms with Crippen LogP contribution in [0.1, 0.15) is 18.4 Å². The number of carbonyl (C=O) groups is 1. The molecule has 0 saturated carbocycles. The van der Waals surface area contributed by atoms with Gasteiger partial charge in [0.1, 0.15) is 18.0 Å². The third kappa shape index (κ3) is 3.64. The molecule has 1 aromatic rings. The van der Waals surface area contributed by atoms with Crippen LogP contribution in [0.15, 0.2) is 18.2 Å². The minimum absolute atomic E-state index is 0.163. The number of phenolic OH excluding ortho intramolecular Hbond substituents is 1. The predicted molar refractivity (Wildman–Crippen MR) is 86.7 cm³/mol. The molecule has 2 aliphatic heterocycles. The topological polar surface area (TPSA) is 81.7 Å². The maximum atomic E-state index is 14.9. The van der Waals surface area contributed by atoms with Gasteiger partial charge in [-0.3, -0.25) is 13.8 Å². The molecule has 0 spiro atoms. The molecular weight excluding hydrogens is 359 g/mol. The second-order valence-corrected chi connectivity index (χ2v) is 6.90. The smallest absolute Gasteiger partial charge is 0.253 e. The second kappa shape index (κ2) is 7.04. The number of alkyl halides is 2. The lowest BCUT2D eigenvalue weighted by atomic mass is 10.0. The van der Waals surface area contributed by atoms with E-state index in [9.17, 15) is 27.3 Å². The van der Waals surface area contributed by atoms with Gasteiger partial charge in [0.25, 0.3) is 5.91 Å². The van der Waals surface area contributed by atoms with Crippen molar-refractivity contribution in [3.05, 3.63) is 29.6 Å². The monoisotopic (exact) mass is 375 g/mol. The number of carbonyl (C=O) groups excluding carboxylic acids is 1. The van der Waals surface area contributed by atoms with E-state index in [2.05, 4.69) is 10.0 Å². The lowest BCUT2D eigenvalue weighted by Gasteiger charge is -2.18. The highest BCUT2D eigenvalue weighted by atomic mass is 32.2. The van der Waals surface area contributed by atoms with Crippen LogP contribution in [0.5, 0.6) is 5.75 Å². The average Bonchev–Trinajstić information content (AvgIpc) is 3.12. The molecule has 3 N–H and O–H groups in total. The third-order valence-corrected chi connectivity index (χ3v) is 5.15. The maximum Gasteiger partial charge on any atom is 0.253 e. The molecule has 10 heteroatoms. The quantitative estimate of drug-likeness (QED) is 0.728. The number of rotatable bonds is 5. The van der Waals surface area contributed by atoms with Crippen molar-refractivity contribution in [1.29, 1.82) is 0 Å². The van der Waals surface area contributed by atoms with E-state index in [4.69, 9.17) is 0 Å². The van der Waals surface area contributed by atoms with Crippen LogP contribution in [0, 0.1) is 5.82 Å². The molecule has 2 unspecified atom stereocenters. The van der Waals surface area contributed by atoms with Gasteiger partial charge >= 0.3 is 0 Å². The molecule has 2 atom stereocenters. The average molecular weight is 375 g/mol. The van der Waals surface area contributed by atoms with Gasteiger partial charge in [0.05, 0.1) is 0 Å². The zero-order valence-electron chi connectivity index (χ0n) is 13.0. The Morgan fingerprint density at radius 1 is 1.40 bits per heavy atom. The van der Waals surface area contributed by atoms with Crippen molar-refractivity contribution in [3.63, 3.8) is 0 Å². The Hall–Kier alpha value is -2.07. The Labute approximate surface area is 144 Å². The van der Waals surface area contributed by atoms with E-state index >= 15 is 0 Å². The first kappa shape index (κ1) is 17.7. The predicted octanol–water partition coefficient (Wildman–Crippen LogP) is 1.45. The fraction of sp³-hybridized carbons (Fsp3) is 0.400. The van der Waals surface area contributed by atoms with Gasteiger partial charge in [-0.15, -0.1) is 0 Å². The summed E-state index contributed by atoms with van der Waals surface area (Å²) in [6.07, 6.45) is -0.758. The van der Waals surface area contributed by atoms with Gasteiger partial charge in [0.2, 0.25) is 17.6 Å². The van der Waals surface area contributed by atoms with Crippen LogP contribution in [-0.4, -0.2) is 40.8 Å². The fourth-order valence-electron chi connectivity index (χ4n) is 2.85. The van der Waals surface area contributed by atoms with E-state index in [1.165, 1.54) is 12.1 Å². The zero-order chi connectivity index (χ0) is 18.1. The Morgan fingerprint density at radius 2 is 2.16 bits per heavy atom. The van der Waals surface area contributed by atoms with Crippen molar-refractivity contribution in [1.82, 2.24) is 10.0 Å². The Bertz CT molecular complexity index is 757. The van der Waals surface area contributed by atoms with Crippen LogP contribution in [0.3, 0.4) is 0 Å². The molecule has 1 fully saturated rings. The number of anilines is 1. The number of hydrogen-bond donors (Lipinski definition) is 3. The number of nitrogens with one attached hydrogen (secondary N) is 2. The van der Waals surface area contributed by atoms with Crippen molar-refractivity contribution in [2.24, 2.45) is 0 Å². The van der Waals surface area contributed by atoms with Crippen molar-refractivity contribution in [2.45, 2.75) is 25.3 Å². The third-order valence-electron chi connectivity index (χ3n) is 4.03. The fourth-order valence-corrected chi connectivity index (χ4v) is 3.80. The van der Waals surface area contributed by atoms with Crippen LogP contribution < -0.4 is 14.3 Å². The largest absolute Gasteiger partial charge is 0.506 e. The number of benzene rings is 1.